The molecule has 1 saturated heterocycles. The van der Waals surface area contributed by atoms with Crippen LogP contribution in [0.15, 0.2) is 24.9 Å². The molecule has 2 N–H and O–H groups in total. The van der Waals surface area contributed by atoms with E-state index in [0.717, 1.165) is 48.5 Å². The summed E-state index contributed by atoms with van der Waals surface area (Å²) in [6.45, 7) is 13.2. The van der Waals surface area contributed by atoms with Crippen LogP contribution < -0.4 is 5.32 Å². The second-order valence-electron chi connectivity index (χ2n) is 10.0. The van der Waals surface area contributed by atoms with E-state index in [0.29, 0.717) is 11.8 Å². The third-order valence-corrected chi connectivity index (χ3v) is 8.79. The minimum Gasteiger partial charge on any atom is -0.346 e. The smallest absolute Gasteiger partial charge is 0.158 e. The van der Waals surface area contributed by atoms with Gasteiger partial charge in [-0.1, -0.05) is 13.8 Å². The maximum Gasteiger partial charge on any atom is 0.158 e. The lowest BCUT2D eigenvalue weighted by atomic mass is 9.93. The summed E-state index contributed by atoms with van der Waals surface area (Å²) in [5, 5.41) is 9.16. The first-order chi connectivity index (χ1) is 16.9. The highest BCUT2D eigenvalue weighted by molar-refractivity contribution is 7.22. The fourth-order valence-electron chi connectivity index (χ4n) is 5.50. The molecular formula is C27H31N7S. The molecule has 5 aromatic rings. The van der Waals surface area contributed by atoms with Crippen LogP contribution in [0.3, 0.4) is 0 Å². The number of piperidine rings is 1. The van der Waals surface area contributed by atoms with E-state index in [1.54, 1.807) is 17.7 Å². The van der Waals surface area contributed by atoms with E-state index in [-0.39, 0.29) is 0 Å². The summed E-state index contributed by atoms with van der Waals surface area (Å²) in [5.41, 5.74) is 9.44. The molecule has 8 heteroatoms. The molecule has 1 aliphatic rings. The summed E-state index contributed by atoms with van der Waals surface area (Å²) in [7, 11) is 0. The number of fused-ring (bicyclic) bond motifs is 2. The van der Waals surface area contributed by atoms with Gasteiger partial charge in [0.1, 0.15) is 17.0 Å². The van der Waals surface area contributed by atoms with Crippen molar-refractivity contribution >= 4 is 27.2 Å². The minimum atomic E-state index is 0.365. The number of hydrogen-bond acceptors (Lipinski definition) is 6. The Labute approximate surface area is 209 Å². The third kappa shape index (κ3) is 3.58. The lowest BCUT2D eigenvalue weighted by molar-refractivity contribution is 0.445. The third-order valence-electron chi connectivity index (χ3n) is 7.54. The van der Waals surface area contributed by atoms with Crippen LogP contribution >= 0.6 is 11.3 Å². The van der Waals surface area contributed by atoms with Crippen LogP contribution in [0.2, 0.25) is 0 Å². The molecule has 0 aromatic carbocycles. The number of rotatable bonds is 4. The van der Waals surface area contributed by atoms with E-state index in [4.69, 9.17) is 9.97 Å². The molecule has 0 aliphatic carbocycles. The fourth-order valence-corrected chi connectivity index (χ4v) is 6.70. The minimum absolute atomic E-state index is 0.365. The van der Waals surface area contributed by atoms with Crippen LogP contribution in [0.1, 0.15) is 66.6 Å². The number of nitrogens with zero attached hydrogens (tertiary/aromatic N) is 5. The first-order valence-corrected chi connectivity index (χ1v) is 13.2. The van der Waals surface area contributed by atoms with Gasteiger partial charge in [0.05, 0.1) is 5.69 Å². The van der Waals surface area contributed by atoms with Crippen molar-refractivity contribution in [1.29, 1.82) is 0 Å². The average Bonchev–Trinajstić information content (AvgIpc) is 3.57. The van der Waals surface area contributed by atoms with Gasteiger partial charge in [0.25, 0.3) is 0 Å². The molecule has 0 unspecified atom stereocenters. The molecule has 1 fully saturated rings. The molecule has 1 aliphatic heterocycles. The van der Waals surface area contributed by atoms with Crippen molar-refractivity contribution in [2.75, 3.05) is 13.1 Å². The van der Waals surface area contributed by atoms with Crippen LogP contribution in [0, 0.1) is 20.8 Å². The molecule has 180 valence electrons. The maximum atomic E-state index is 4.78. The molecule has 0 amide bonds. The van der Waals surface area contributed by atoms with Gasteiger partial charge in [-0.05, 0) is 74.9 Å². The Morgan fingerprint density at radius 2 is 1.74 bits per heavy atom. The Morgan fingerprint density at radius 3 is 2.46 bits per heavy atom. The molecule has 0 atom stereocenters. The summed E-state index contributed by atoms with van der Waals surface area (Å²) in [6, 6.07) is 0. The largest absolute Gasteiger partial charge is 0.346 e. The first kappa shape index (κ1) is 22.4. The molecule has 7 nitrogen and oxygen atoms in total. The van der Waals surface area contributed by atoms with E-state index in [9.17, 15) is 0 Å². The van der Waals surface area contributed by atoms with Crippen LogP contribution in [-0.2, 0) is 0 Å². The molecule has 0 bridgehead atoms. The zero-order valence-corrected chi connectivity index (χ0v) is 21.8. The van der Waals surface area contributed by atoms with Gasteiger partial charge in [0.2, 0.25) is 0 Å². The van der Waals surface area contributed by atoms with Gasteiger partial charge < -0.3 is 10.3 Å². The first-order valence-electron chi connectivity index (χ1n) is 12.4. The van der Waals surface area contributed by atoms with Gasteiger partial charge in [-0.15, -0.1) is 11.3 Å². The summed E-state index contributed by atoms with van der Waals surface area (Å²) in [5.74, 6) is 1.81. The molecule has 5 aromatic heterocycles. The molecule has 0 radical (unpaired) electrons. The molecule has 0 spiro atoms. The number of aryl methyl sites for hydroxylation is 2. The summed E-state index contributed by atoms with van der Waals surface area (Å²) in [6.07, 6.45) is 9.99. The number of hydrogen-bond donors (Lipinski definition) is 2. The molecule has 6 rings (SSSR count). The predicted octanol–water partition coefficient (Wildman–Crippen LogP) is 5.91. The zero-order chi connectivity index (χ0) is 24.3. The number of H-pyrrole nitrogens is 1. The van der Waals surface area contributed by atoms with Crippen molar-refractivity contribution in [3.63, 3.8) is 0 Å². The standard InChI is InChI=1S/C27H31N7S/c1-14(2)21-22-17(5)24(19-10-29-25(30-11-19)18-6-8-28-9-7-18)35-27(22)33-23(21)20-12-34-26(31-13-32-34)16(4)15(20)3/h10-14,18,28,33H,6-9H2,1-5H3. The van der Waals surface area contributed by atoms with Gasteiger partial charge in [-0.25, -0.2) is 19.5 Å². The number of pyridine rings is 1. The highest BCUT2D eigenvalue weighted by Crippen LogP contribution is 2.45. The Kier molecular flexibility index (Phi) is 5.45. The molecule has 35 heavy (non-hydrogen) atoms. The van der Waals surface area contributed by atoms with Crippen LogP contribution in [-0.4, -0.2) is 42.6 Å². The van der Waals surface area contributed by atoms with E-state index in [2.05, 4.69) is 61.2 Å². The number of thiophene rings is 1. The van der Waals surface area contributed by atoms with Crippen LogP contribution in [0.4, 0.5) is 0 Å². The van der Waals surface area contributed by atoms with Crippen LogP contribution in [0.5, 0.6) is 0 Å². The van der Waals surface area contributed by atoms with Gasteiger partial charge in [0, 0.05) is 45.9 Å². The van der Waals surface area contributed by atoms with E-state index in [1.807, 2.05) is 16.9 Å². The van der Waals surface area contributed by atoms with E-state index < -0.39 is 0 Å². The van der Waals surface area contributed by atoms with Crippen molar-refractivity contribution in [2.24, 2.45) is 0 Å². The quantitative estimate of drug-likeness (QED) is 0.330. The summed E-state index contributed by atoms with van der Waals surface area (Å²) < 4.78 is 1.89. The fraction of sp³-hybridized carbons (Fsp3) is 0.407. The Balaban J connectivity index is 1.45. The zero-order valence-electron chi connectivity index (χ0n) is 20.9. The maximum absolute atomic E-state index is 4.78. The average molecular weight is 486 g/mol. The van der Waals surface area contributed by atoms with Crippen molar-refractivity contribution < 1.29 is 0 Å². The van der Waals surface area contributed by atoms with Gasteiger partial charge in [0.15, 0.2) is 5.65 Å². The van der Waals surface area contributed by atoms with Crippen molar-refractivity contribution in [1.82, 2.24) is 34.9 Å². The number of aromatic amines is 1. The van der Waals surface area contributed by atoms with Gasteiger partial charge >= 0.3 is 0 Å². The van der Waals surface area contributed by atoms with Crippen molar-refractivity contribution in [2.45, 2.75) is 59.3 Å². The van der Waals surface area contributed by atoms with Crippen LogP contribution in [0.25, 0.3) is 37.6 Å². The number of aromatic nitrogens is 6. The van der Waals surface area contributed by atoms with Gasteiger partial charge in [-0.2, -0.15) is 5.10 Å². The SMILES string of the molecule is Cc1c(-c2[nH]c3sc(-c4cnc(C5CCNCC5)nc4)c(C)c3c2C(C)C)cn2ncnc2c1C. The van der Waals surface area contributed by atoms with E-state index in [1.165, 1.54) is 43.0 Å². The molecule has 6 heterocycles. The normalized spacial score (nSPS) is 15.1. The Bertz CT molecular complexity index is 1530. The summed E-state index contributed by atoms with van der Waals surface area (Å²) in [4.78, 5) is 20.2. The Morgan fingerprint density at radius 1 is 1.00 bits per heavy atom. The predicted molar refractivity (Wildman–Crippen MR) is 142 cm³/mol. The second-order valence-corrected chi connectivity index (χ2v) is 11.0. The highest BCUT2D eigenvalue weighted by Gasteiger charge is 2.25. The van der Waals surface area contributed by atoms with Crippen molar-refractivity contribution in [3.8, 4) is 21.7 Å². The second kappa shape index (κ2) is 8.53. The monoisotopic (exact) mass is 485 g/mol. The summed E-state index contributed by atoms with van der Waals surface area (Å²) >= 11 is 1.80. The number of nitrogens with one attached hydrogen (secondary N) is 2. The topological polar surface area (TPSA) is 83.8 Å². The molecule has 0 saturated carbocycles. The lowest BCUT2D eigenvalue weighted by Gasteiger charge is -2.21. The Hall–Kier alpha value is -3.10. The van der Waals surface area contributed by atoms with E-state index >= 15 is 0 Å². The highest BCUT2D eigenvalue weighted by atomic mass is 32.1. The van der Waals surface area contributed by atoms with Gasteiger partial charge in [-0.3, -0.25) is 0 Å². The van der Waals surface area contributed by atoms with Crippen molar-refractivity contribution in [3.05, 3.63) is 53.0 Å². The molecular weight excluding hydrogens is 454 g/mol. The lowest BCUT2D eigenvalue weighted by Crippen LogP contribution is -2.27.